The molecule has 0 radical (unpaired) electrons. The maximum Gasteiger partial charge on any atom is 0.156 e. The number of hydrogen-bond donors (Lipinski definition) is 0. The lowest BCUT2D eigenvalue weighted by atomic mass is 9.75. The first kappa shape index (κ1) is 29.9. The lowest BCUT2D eigenvalue weighted by molar-refractivity contribution is 0.141. The third-order valence-electron chi connectivity index (χ3n) is 11.9. The van der Waals surface area contributed by atoms with Gasteiger partial charge >= 0.3 is 0 Å². The van der Waals surface area contributed by atoms with Crippen molar-refractivity contribution in [1.29, 1.82) is 0 Å². The SMILES string of the molecule is CN(C)C1=CC2=C3C=C(N(C)CCN4c5ccccc5N(C)C45CCCCC54N(C)c5ccccc5N4C)C=CN3CCCN2C=C1. The van der Waals surface area contributed by atoms with Crippen LogP contribution in [-0.2, 0) is 0 Å². The first-order valence-corrected chi connectivity index (χ1v) is 17.4. The average Bonchev–Trinajstić information content (AvgIpc) is 3.34. The molecule has 5 aliphatic heterocycles. The third-order valence-corrected chi connectivity index (χ3v) is 11.9. The Morgan fingerprint density at radius 3 is 1.70 bits per heavy atom. The van der Waals surface area contributed by atoms with Crippen molar-refractivity contribution in [2.75, 3.05) is 88.1 Å². The summed E-state index contributed by atoms with van der Waals surface area (Å²) < 4.78 is 0. The van der Waals surface area contributed by atoms with Crippen molar-refractivity contribution in [2.24, 2.45) is 0 Å². The maximum atomic E-state index is 2.78. The molecule has 1 aliphatic carbocycles. The summed E-state index contributed by atoms with van der Waals surface area (Å²) in [6.45, 7) is 3.91. The van der Waals surface area contributed by atoms with Crippen LogP contribution < -0.4 is 19.6 Å². The molecule has 47 heavy (non-hydrogen) atoms. The van der Waals surface area contributed by atoms with E-state index in [0.29, 0.717) is 0 Å². The van der Waals surface area contributed by atoms with Gasteiger partial charge in [0, 0.05) is 92.3 Å². The molecule has 1 fully saturated rings. The molecular formula is C39H50N8. The quantitative estimate of drug-likeness (QED) is 0.395. The minimum absolute atomic E-state index is 0.201. The van der Waals surface area contributed by atoms with E-state index in [1.165, 1.54) is 58.4 Å². The summed E-state index contributed by atoms with van der Waals surface area (Å²) in [5, 5.41) is 0. The molecule has 246 valence electrons. The fourth-order valence-electron chi connectivity index (χ4n) is 9.49. The van der Waals surface area contributed by atoms with E-state index in [0.717, 1.165) is 45.4 Å². The van der Waals surface area contributed by atoms with Crippen LogP contribution in [-0.4, -0.2) is 99.4 Å². The molecule has 8 rings (SSSR count). The molecule has 0 saturated heterocycles. The smallest absolute Gasteiger partial charge is 0.156 e. The minimum atomic E-state index is -0.222. The number of fused-ring (bicyclic) bond motifs is 5. The Labute approximate surface area is 281 Å². The van der Waals surface area contributed by atoms with Gasteiger partial charge in [0.05, 0.1) is 34.1 Å². The molecule has 2 aromatic carbocycles. The fraction of sp³-hybridized carbons (Fsp3) is 0.436. The van der Waals surface area contributed by atoms with Gasteiger partial charge in [0.2, 0.25) is 0 Å². The zero-order chi connectivity index (χ0) is 32.5. The van der Waals surface area contributed by atoms with E-state index in [2.05, 4.69) is 167 Å². The lowest BCUT2D eigenvalue weighted by Crippen LogP contribution is -2.80. The Balaban J connectivity index is 1.15. The Bertz CT molecular complexity index is 1690. The van der Waals surface area contributed by atoms with Gasteiger partial charge in [-0.15, -0.1) is 0 Å². The molecule has 2 aromatic rings. The van der Waals surface area contributed by atoms with Gasteiger partial charge in [-0.25, -0.2) is 0 Å². The van der Waals surface area contributed by atoms with E-state index in [1.807, 2.05) is 0 Å². The fourth-order valence-corrected chi connectivity index (χ4v) is 9.49. The molecule has 6 aliphatic rings. The van der Waals surface area contributed by atoms with E-state index in [1.54, 1.807) is 0 Å². The number of rotatable bonds is 5. The van der Waals surface area contributed by atoms with Crippen molar-refractivity contribution in [2.45, 2.75) is 43.4 Å². The maximum absolute atomic E-state index is 2.78. The molecule has 0 N–H and O–H groups in total. The summed E-state index contributed by atoms with van der Waals surface area (Å²) in [7, 11) is 13.5. The van der Waals surface area contributed by atoms with Crippen LogP contribution in [0.4, 0.5) is 22.7 Å². The summed E-state index contributed by atoms with van der Waals surface area (Å²) in [5.41, 5.74) is 9.98. The monoisotopic (exact) mass is 630 g/mol. The molecule has 1 saturated carbocycles. The van der Waals surface area contributed by atoms with E-state index < -0.39 is 0 Å². The van der Waals surface area contributed by atoms with Crippen molar-refractivity contribution < 1.29 is 0 Å². The van der Waals surface area contributed by atoms with Gasteiger partial charge in [-0.05, 0) is 80.7 Å². The second-order valence-corrected chi connectivity index (χ2v) is 14.2. The number of allylic oxidation sites excluding steroid dienone is 4. The summed E-state index contributed by atoms with van der Waals surface area (Å²) in [5.74, 6) is 0. The number of para-hydroxylation sites is 4. The van der Waals surface area contributed by atoms with Crippen LogP contribution in [0.3, 0.4) is 0 Å². The molecule has 0 amide bonds. The highest BCUT2D eigenvalue weighted by molar-refractivity contribution is 5.86. The molecule has 8 heteroatoms. The average molecular weight is 631 g/mol. The highest BCUT2D eigenvalue weighted by Gasteiger charge is 2.68. The predicted molar refractivity (Wildman–Crippen MR) is 195 cm³/mol. The summed E-state index contributed by atoms with van der Waals surface area (Å²) >= 11 is 0. The lowest BCUT2D eigenvalue weighted by Gasteiger charge is -2.62. The van der Waals surface area contributed by atoms with Gasteiger partial charge in [-0.3, -0.25) is 0 Å². The molecule has 5 heterocycles. The summed E-state index contributed by atoms with van der Waals surface area (Å²) in [6.07, 6.45) is 19.7. The normalized spacial score (nSPS) is 24.0. The van der Waals surface area contributed by atoms with Crippen LogP contribution in [0.1, 0.15) is 32.1 Å². The highest BCUT2D eigenvalue weighted by Crippen LogP contribution is 2.61. The van der Waals surface area contributed by atoms with Crippen molar-refractivity contribution in [3.8, 4) is 0 Å². The van der Waals surface area contributed by atoms with Crippen LogP contribution in [0, 0.1) is 0 Å². The number of hydrogen-bond acceptors (Lipinski definition) is 8. The summed E-state index contributed by atoms with van der Waals surface area (Å²) in [6, 6.07) is 18.1. The standard InChI is InChI=1S/C39H50N8/c1-40(2)30-18-24-45-22-13-23-46-25-19-31(29-37(46)36(45)28-30)41(3)26-27-47-35-17-10-9-16-34(35)44(6)39(47)21-12-11-20-38(39)42(4)32-14-7-8-15-33(32)43(38)5/h7-10,14-19,24-25,28-29H,11-13,20-23,26-27H2,1-6H3. The first-order chi connectivity index (χ1) is 22.8. The highest BCUT2D eigenvalue weighted by atomic mass is 15.6. The Morgan fingerprint density at radius 1 is 0.617 bits per heavy atom. The number of benzene rings is 2. The van der Waals surface area contributed by atoms with Gasteiger partial charge in [0.25, 0.3) is 0 Å². The molecule has 1 unspecified atom stereocenters. The Morgan fingerprint density at radius 2 is 1.11 bits per heavy atom. The zero-order valence-corrected chi connectivity index (χ0v) is 29.0. The number of nitrogens with zero attached hydrogens (tertiary/aromatic N) is 8. The molecule has 8 nitrogen and oxygen atoms in total. The third kappa shape index (κ3) is 4.19. The van der Waals surface area contributed by atoms with Gasteiger partial charge in [0.15, 0.2) is 11.3 Å². The largest absolute Gasteiger partial charge is 0.378 e. The van der Waals surface area contributed by atoms with Gasteiger partial charge in [-0.2, -0.15) is 0 Å². The topological polar surface area (TPSA) is 25.9 Å². The molecule has 2 spiro atoms. The van der Waals surface area contributed by atoms with Gasteiger partial charge in [-0.1, -0.05) is 24.3 Å². The predicted octanol–water partition coefficient (Wildman–Crippen LogP) is 6.03. The van der Waals surface area contributed by atoms with Crippen LogP contribution in [0.15, 0.2) is 108 Å². The number of likely N-dealkylation sites (N-methyl/N-ethyl adjacent to an activating group) is 5. The minimum Gasteiger partial charge on any atom is -0.378 e. The van der Waals surface area contributed by atoms with Crippen molar-refractivity contribution in [1.82, 2.24) is 19.6 Å². The second-order valence-electron chi connectivity index (χ2n) is 14.2. The molecule has 0 bridgehead atoms. The van der Waals surface area contributed by atoms with Crippen molar-refractivity contribution >= 4 is 22.7 Å². The van der Waals surface area contributed by atoms with Crippen LogP contribution in [0.2, 0.25) is 0 Å². The Kier molecular flexibility index (Phi) is 7.04. The van der Waals surface area contributed by atoms with Crippen LogP contribution in [0.25, 0.3) is 0 Å². The van der Waals surface area contributed by atoms with Crippen LogP contribution in [0.5, 0.6) is 0 Å². The van der Waals surface area contributed by atoms with Gasteiger partial charge < -0.3 is 39.2 Å². The number of anilines is 4. The van der Waals surface area contributed by atoms with E-state index in [9.17, 15) is 0 Å². The summed E-state index contributed by atoms with van der Waals surface area (Å²) in [4.78, 5) is 20.2. The van der Waals surface area contributed by atoms with E-state index in [-0.39, 0.29) is 11.3 Å². The first-order valence-electron chi connectivity index (χ1n) is 17.4. The Hall–Kier alpha value is -4.46. The molecule has 0 aromatic heterocycles. The van der Waals surface area contributed by atoms with E-state index in [4.69, 9.17) is 0 Å². The molecule has 1 atom stereocenters. The zero-order valence-electron chi connectivity index (χ0n) is 29.0. The second kappa shape index (κ2) is 11.1. The van der Waals surface area contributed by atoms with Crippen molar-refractivity contribution in [3.63, 3.8) is 0 Å². The van der Waals surface area contributed by atoms with Crippen LogP contribution >= 0.6 is 0 Å². The molecular weight excluding hydrogens is 580 g/mol. The van der Waals surface area contributed by atoms with Gasteiger partial charge in [0.1, 0.15) is 0 Å². The van der Waals surface area contributed by atoms with E-state index >= 15 is 0 Å². The van der Waals surface area contributed by atoms with Crippen molar-refractivity contribution in [3.05, 3.63) is 108 Å².